The maximum absolute atomic E-state index is 5.74. The van der Waals surface area contributed by atoms with Crippen molar-refractivity contribution in [3.05, 3.63) is 21.7 Å². The van der Waals surface area contributed by atoms with Crippen LogP contribution >= 0.6 is 15.9 Å². The maximum atomic E-state index is 5.74. The molecule has 0 aromatic heterocycles. The molecule has 104 valence electrons. The minimum absolute atomic E-state index is 0.0447. The number of halogens is 1. The third-order valence-electron chi connectivity index (χ3n) is 4.18. The highest BCUT2D eigenvalue weighted by atomic mass is 79.9. The van der Waals surface area contributed by atoms with E-state index in [1.54, 1.807) is 0 Å². The van der Waals surface area contributed by atoms with E-state index in [1.165, 1.54) is 24.0 Å². The van der Waals surface area contributed by atoms with Gasteiger partial charge in [-0.15, -0.1) is 0 Å². The summed E-state index contributed by atoms with van der Waals surface area (Å²) in [5.74, 6) is 2.20. The summed E-state index contributed by atoms with van der Waals surface area (Å²) in [5, 5.41) is 3.65. The van der Waals surface area contributed by atoms with Gasteiger partial charge in [-0.05, 0) is 59.8 Å². The molecule has 2 heterocycles. The van der Waals surface area contributed by atoms with Crippen LogP contribution in [0.4, 0.5) is 0 Å². The number of rotatable bonds is 2. The fraction of sp³-hybridized carbons (Fsp3) is 0.600. The summed E-state index contributed by atoms with van der Waals surface area (Å²) in [5.41, 5.74) is 2.67. The molecular weight excluding hydrogens is 306 g/mol. The molecule has 1 N–H and O–H groups in total. The SMILES string of the molecule is CC(C)c1c(C2(C)CCCN2)cc(Br)c2c1OCO2. The van der Waals surface area contributed by atoms with Crippen molar-refractivity contribution in [2.45, 2.75) is 45.1 Å². The molecule has 1 aromatic rings. The van der Waals surface area contributed by atoms with Crippen LogP contribution in [0, 0.1) is 0 Å². The van der Waals surface area contributed by atoms with Gasteiger partial charge in [0.1, 0.15) is 0 Å². The predicted molar refractivity (Wildman–Crippen MR) is 78.9 cm³/mol. The number of ether oxygens (including phenoxy) is 2. The lowest BCUT2D eigenvalue weighted by atomic mass is 9.82. The van der Waals surface area contributed by atoms with Crippen LogP contribution in [-0.4, -0.2) is 13.3 Å². The van der Waals surface area contributed by atoms with Crippen molar-refractivity contribution in [2.24, 2.45) is 0 Å². The highest BCUT2D eigenvalue weighted by molar-refractivity contribution is 9.10. The normalized spacial score (nSPS) is 25.3. The Morgan fingerprint density at radius 3 is 2.68 bits per heavy atom. The second kappa shape index (κ2) is 4.67. The van der Waals surface area contributed by atoms with Gasteiger partial charge < -0.3 is 14.8 Å². The third-order valence-corrected chi connectivity index (χ3v) is 4.77. The van der Waals surface area contributed by atoms with Gasteiger partial charge in [0, 0.05) is 11.1 Å². The van der Waals surface area contributed by atoms with Gasteiger partial charge in [-0.2, -0.15) is 0 Å². The number of nitrogens with one attached hydrogen (secondary N) is 1. The summed E-state index contributed by atoms with van der Waals surface area (Å²) >= 11 is 3.62. The van der Waals surface area contributed by atoms with Gasteiger partial charge in [0.15, 0.2) is 11.5 Å². The summed E-state index contributed by atoms with van der Waals surface area (Å²) < 4.78 is 12.3. The van der Waals surface area contributed by atoms with Crippen molar-refractivity contribution < 1.29 is 9.47 Å². The van der Waals surface area contributed by atoms with Gasteiger partial charge in [-0.1, -0.05) is 13.8 Å². The average Bonchev–Trinajstić information content (AvgIpc) is 2.97. The van der Waals surface area contributed by atoms with Gasteiger partial charge in [-0.3, -0.25) is 0 Å². The summed E-state index contributed by atoms with van der Waals surface area (Å²) in [6, 6.07) is 2.21. The number of benzene rings is 1. The summed E-state index contributed by atoms with van der Waals surface area (Å²) in [4.78, 5) is 0. The van der Waals surface area contributed by atoms with E-state index < -0.39 is 0 Å². The van der Waals surface area contributed by atoms with Crippen LogP contribution in [0.5, 0.6) is 11.5 Å². The first kappa shape index (κ1) is 13.3. The minimum atomic E-state index is 0.0447. The van der Waals surface area contributed by atoms with Gasteiger partial charge >= 0.3 is 0 Å². The summed E-state index contributed by atoms with van der Waals surface area (Å²) in [7, 11) is 0. The first-order valence-electron chi connectivity index (χ1n) is 6.90. The van der Waals surface area contributed by atoms with Crippen LogP contribution < -0.4 is 14.8 Å². The zero-order chi connectivity index (χ0) is 13.6. The first-order valence-corrected chi connectivity index (χ1v) is 7.70. The molecule has 0 spiro atoms. The molecular formula is C15H20BrNO2. The van der Waals surface area contributed by atoms with Gasteiger partial charge in [-0.25, -0.2) is 0 Å². The highest BCUT2D eigenvalue weighted by Crippen LogP contribution is 2.49. The van der Waals surface area contributed by atoms with Crippen molar-refractivity contribution in [3.8, 4) is 11.5 Å². The Morgan fingerprint density at radius 2 is 2.05 bits per heavy atom. The zero-order valence-electron chi connectivity index (χ0n) is 11.7. The predicted octanol–water partition coefficient (Wildman–Crippen LogP) is 3.90. The highest BCUT2D eigenvalue weighted by Gasteiger charge is 2.36. The lowest BCUT2D eigenvalue weighted by Gasteiger charge is -2.30. The van der Waals surface area contributed by atoms with E-state index in [1.807, 2.05) is 0 Å². The molecule has 0 saturated carbocycles. The van der Waals surface area contributed by atoms with Gasteiger partial charge in [0.05, 0.1) is 4.47 Å². The Labute approximate surface area is 122 Å². The summed E-state index contributed by atoms with van der Waals surface area (Å²) in [6.45, 7) is 8.12. The van der Waals surface area contributed by atoms with Crippen molar-refractivity contribution in [3.63, 3.8) is 0 Å². The topological polar surface area (TPSA) is 30.5 Å². The Hall–Kier alpha value is -0.740. The molecule has 1 atom stereocenters. The van der Waals surface area contributed by atoms with Crippen LogP contribution in [0.25, 0.3) is 0 Å². The third kappa shape index (κ3) is 2.05. The molecule has 0 aliphatic carbocycles. The smallest absolute Gasteiger partial charge is 0.231 e. The van der Waals surface area contributed by atoms with Crippen LogP contribution in [-0.2, 0) is 5.54 Å². The minimum Gasteiger partial charge on any atom is -0.453 e. The monoisotopic (exact) mass is 325 g/mol. The number of hydrogen-bond acceptors (Lipinski definition) is 3. The molecule has 2 aliphatic heterocycles. The summed E-state index contributed by atoms with van der Waals surface area (Å²) in [6.07, 6.45) is 2.39. The molecule has 0 amide bonds. The van der Waals surface area contributed by atoms with Crippen LogP contribution in [0.2, 0.25) is 0 Å². The first-order chi connectivity index (χ1) is 9.03. The maximum Gasteiger partial charge on any atom is 0.231 e. The van der Waals surface area contributed by atoms with Crippen LogP contribution in [0.1, 0.15) is 50.7 Å². The van der Waals surface area contributed by atoms with E-state index >= 15 is 0 Å². The molecule has 19 heavy (non-hydrogen) atoms. The quantitative estimate of drug-likeness (QED) is 0.894. The molecule has 1 fully saturated rings. The Bertz CT molecular complexity index is 507. The Balaban J connectivity index is 2.21. The van der Waals surface area contributed by atoms with Crippen LogP contribution in [0.3, 0.4) is 0 Å². The molecule has 0 radical (unpaired) electrons. The molecule has 0 bridgehead atoms. The van der Waals surface area contributed by atoms with Crippen molar-refractivity contribution in [1.82, 2.24) is 5.32 Å². The second-order valence-electron chi connectivity index (χ2n) is 5.90. The molecule has 1 aromatic carbocycles. The fourth-order valence-corrected chi connectivity index (χ4v) is 3.73. The van der Waals surface area contributed by atoms with E-state index in [4.69, 9.17) is 9.47 Å². The van der Waals surface area contributed by atoms with E-state index in [0.29, 0.717) is 12.7 Å². The average molecular weight is 326 g/mol. The van der Waals surface area contributed by atoms with Crippen molar-refractivity contribution in [2.75, 3.05) is 13.3 Å². The largest absolute Gasteiger partial charge is 0.453 e. The van der Waals surface area contributed by atoms with E-state index in [0.717, 1.165) is 22.5 Å². The molecule has 4 heteroatoms. The Kier molecular flexibility index (Phi) is 3.26. The molecule has 3 rings (SSSR count). The molecule has 1 unspecified atom stereocenters. The second-order valence-corrected chi connectivity index (χ2v) is 6.76. The Morgan fingerprint density at radius 1 is 1.32 bits per heavy atom. The van der Waals surface area contributed by atoms with Crippen LogP contribution in [0.15, 0.2) is 10.5 Å². The van der Waals surface area contributed by atoms with Gasteiger partial charge in [0.25, 0.3) is 0 Å². The number of fused-ring (bicyclic) bond motifs is 1. The van der Waals surface area contributed by atoms with Gasteiger partial charge in [0.2, 0.25) is 6.79 Å². The lowest BCUT2D eigenvalue weighted by molar-refractivity contribution is 0.172. The van der Waals surface area contributed by atoms with Crippen molar-refractivity contribution in [1.29, 1.82) is 0 Å². The van der Waals surface area contributed by atoms with Crippen molar-refractivity contribution >= 4 is 15.9 Å². The molecule has 1 saturated heterocycles. The van der Waals surface area contributed by atoms with E-state index in [-0.39, 0.29) is 5.54 Å². The lowest BCUT2D eigenvalue weighted by Crippen LogP contribution is -2.34. The molecule has 2 aliphatic rings. The standard InChI is InChI=1S/C15H20BrNO2/c1-9(2)12-10(15(3)5-4-6-17-15)7-11(16)13-14(12)19-8-18-13/h7,9,17H,4-6,8H2,1-3H3. The zero-order valence-corrected chi connectivity index (χ0v) is 13.3. The van der Waals surface area contributed by atoms with E-state index in [9.17, 15) is 0 Å². The fourth-order valence-electron chi connectivity index (χ4n) is 3.20. The number of hydrogen-bond donors (Lipinski definition) is 1. The molecule has 3 nitrogen and oxygen atoms in total. The van der Waals surface area contributed by atoms with E-state index in [2.05, 4.69) is 48.1 Å².